The number of carbonyl (C=O) groups excluding carboxylic acids is 1. The molecule has 22 heavy (non-hydrogen) atoms. The summed E-state index contributed by atoms with van der Waals surface area (Å²) in [6.45, 7) is 4.41. The Kier molecular flexibility index (Phi) is 5.04. The normalized spacial score (nSPS) is 10.2. The summed E-state index contributed by atoms with van der Waals surface area (Å²) in [6.07, 6.45) is 0. The predicted molar refractivity (Wildman–Crippen MR) is 86.6 cm³/mol. The van der Waals surface area contributed by atoms with E-state index < -0.39 is 0 Å². The molecule has 116 valence electrons. The van der Waals surface area contributed by atoms with Crippen LogP contribution >= 0.6 is 0 Å². The monoisotopic (exact) mass is 299 g/mol. The molecule has 0 atom stereocenters. The van der Waals surface area contributed by atoms with Crippen molar-refractivity contribution in [3.05, 3.63) is 58.7 Å². The van der Waals surface area contributed by atoms with E-state index in [0.29, 0.717) is 23.6 Å². The van der Waals surface area contributed by atoms with Crippen LogP contribution in [0, 0.1) is 13.8 Å². The molecule has 0 fully saturated rings. The molecule has 4 nitrogen and oxygen atoms in total. The van der Waals surface area contributed by atoms with E-state index in [0.717, 1.165) is 16.7 Å². The summed E-state index contributed by atoms with van der Waals surface area (Å²) in [5, 5.41) is 2.93. The number of amides is 1. The first-order chi connectivity index (χ1) is 10.6. The molecule has 0 saturated carbocycles. The maximum atomic E-state index is 12.4. The van der Waals surface area contributed by atoms with Gasteiger partial charge in [0.1, 0.15) is 11.5 Å². The number of carbonyl (C=O) groups is 1. The molecule has 2 rings (SSSR count). The van der Waals surface area contributed by atoms with Gasteiger partial charge in [0.25, 0.3) is 5.91 Å². The number of ether oxygens (including phenoxy) is 2. The van der Waals surface area contributed by atoms with Gasteiger partial charge in [-0.1, -0.05) is 24.3 Å². The van der Waals surface area contributed by atoms with Crippen LogP contribution in [0.3, 0.4) is 0 Å². The Balaban J connectivity index is 2.18. The fourth-order valence-electron chi connectivity index (χ4n) is 2.30. The van der Waals surface area contributed by atoms with Gasteiger partial charge >= 0.3 is 0 Å². The van der Waals surface area contributed by atoms with Gasteiger partial charge in [0.2, 0.25) is 0 Å². The van der Waals surface area contributed by atoms with E-state index in [-0.39, 0.29) is 5.91 Å². The fourth-order valence-corrected chi connectivity index (χ4v) is 2.30. The van der Waals surface area contributed by atoms with Crippen molar-refractivity contribution in [2.45, 2.75) is 20.4 Å². The first-order valence-electron chi connectivity index (χ1n) is 7.12. The summed E-state index contributed by atoms with van der Waals surface area (Å²) >= 11 is 0. The minimum absolute atomic E-state index is 0.153. The second kappa shape index (κ2) is 6.98. The number of methoxy groups -OCH3 is 2. The molecule has 1 N–H and O–H groups in total. The molecule has 0 heterocycles. The Morgan fingerprint density at radius 1 is 1.05 bits per heavy atom. The van der Waals surface area contributed by atoms with Crippen molar-refractivity contribution in [3.8, 4) is 11.5 Å². The lowest BCUT2D eigenvalue weighted by molar-refractivity contribution is 0.0950. The standard InChI is InChI=1S/C18H21NO3/c1-12-7-5-6-8-14(12)11-19-18(20)15-9-16(21-3)13(2)17(10-15)22-4/h5-10H,11H2,1-4H3,(H,19,20). The smallest absolute Gasteiger partial charge is 0.251 e. The number of nitrogens with one attached hydrogen (secondary N) is 1. The van der Waals surface area contributed by atoms with Gasteiger partial charge < -0.3 is 14.8 Å². The lowest BCUT2D eigenvalue weighted by atomic mass is 10.1. The first-order valence-corrected chi connectivity index (χ1v) is 7.12. The summed E-state index contributed by atoms with van der Waals surface area (Å²) in [4.78, 5) is 12.4. The fraction of sp³-hybridized carbons (Fsp3) is 0.278. The van der Waals surface area contributed by atoms with E-state index in [9.17, 15) is 4.79 Å². The minimum atomic E-state index is -0.153. The van der Waals surface area contributed by atoms with Crippen LogP contribution in [0.25, 0.3) is 0 Å². The van der Waals surface area contributed by atoms with E-state index in [1.807, 2.05) is 38.1 Å². The van der Waals surface area contributed by atoms with Gasteiger partial charge in [-0.2, -0.15) is 0 Å². The quantitative estimate of drug-likeness (QED) is 0.922. The van der Waals surface area contributed by atoms with Crippen molar-refractivity contribution in [2.75, 3.05) is 14.2 Å². The van der Waals surface area contributed by atoms with Gasteiger partial charge in [-0.3, -0.25) is 4.79 Å². The van der Waals surface area contributed by atoms with E-state index in [1.165, 1.54) is 0 Å². The summed E-state index contributed by atoms with van der Waals surface area (Å²) in [5.74, 6) is 1.13. The van der Waals surface area contributed by atoms with Crippen molar-refractivity contribution < 1.29 is 14.3 Å². The third-order valence-electron chi connectivity index (χ3n) is 3.72. The largest absolute Gasteiger partial charge is 0.496 e. The molecule has 0 aliphatic heterocycles. The number of aryl methyl sites for hydroxylation is 1. The van der Waals surface area contributed by atoms with Gasteiger partial charge in [0.15, 0.2) is 0 Å². The van der Waals surface area contributed by atoms with Crippen molar-refractivity contribution >= 4 is 5.91 Å². The topological polar surface area (TPSA) is 47.6 Å². The van der Waals surface area contributed by atoms with Crippen LogP contribution in [0.5, 0.6) is 11.5 Å². The average molecular weight is 299 g/mol. The number of hydrogen-bond acceptors (Lipinski definition) is 3. The molecule has 2 aromatic carbocycles. The van der Waals surface area contributed by atoms with Gasteiger partial charge in [0.05, 0.1) is 14.2 Å². The third-order valence-corrected chi connectivity index (χ3v) is 3.72. The zero-order valence-electron chi connectivity index (χ0n) is 13.4. The van der Waals surface area contributed by atoms with Crippen LogP contribution < -0.4 is 14.8 Å². The molecule has 2 aromatic rings. The Bertz CT molecular complexity index is 655. The summed E-state index contributed by atoms with van der Waals surface area (Å²) in [5.41, 5.74) is 3.65. The van der Waals surface area contributed by atoms with Gasteiger partial charge in [0, 0.05) is 17.7 Å². The molecule has 0 saturated heterocycles. The highest BCUT2D eigenvalue weighted by molar-refractivity contribution is 5.95. The molecular formula is C18H21NO3. The van der Waals surface area contributed by atoms with Gasteiger partial charge in [-0.15, -0.1) is 0 Å². The van der Waals surface area contributed by atoms with E-state index in [4.69, 9.17) is 9.47 Å². The van der Waals surface area contributed by atoms with E-state index in [2.05, 4.69) is 5.32 Å². The second-order valence-corrected chi connectivity index (χ2v) is 5.11. The summed E-state index contributed by atoms with van der Waals surface area (Å²) < 4.78 is 10.6. The number of hydrogen-bond donors (Lipinski definition) is 1. The maximum Gasteiger partial charge on any atom is 0.251 e. The van der Waals surface area contributed by atoms with Crippen molar-refractivity contribution in [2.24, 2.45) is 0 Å². The van der Waals surface area contributed by atoms with Crippen LogP contribution in [0.15, 0.2) is 36.4 Å². The van der Waals surface area contributed by atoms with Crippen LogP contribution in [-0.4, -0.2) is 20.1 Å². The second-order valence-electron chi connectivity index (χ2n) is 5.11. The molecule has 0 aromatic heterocycles. The molecule has 0 aliphatic carbocycles. The van der Waals surface area contributed by atoms with Crippen molar-refractivity contribution in [1.29, 1.82) is 0 Å². The lowest BCUT2D eigenvalue weighted by Crippen LogP contribution is -2.23. The van der Waals surface area contributed by atoms with E-state index >= 15 is 0 Å². The molecular weight excluding hydrogens is 278 g/mol. The van der Waals surface area contributed by atoms with Gasteiger partial charge in [-0.05, 0) is 37.1 Å². The maximum absolute atomic E-state index is 12.4. The SMILES string of the molecule is COc1cc(C(=O)NCc2ccccc2C)cc(OC)c1C. The summed E-state index contributed by atoms with van der Waals surface area (Å²) in [7, 11) is 3.16. The molecule has 0 unspecified atom stereocenters. The highest BCUT2D eigenvalue weighted by Gasteiger charge is 2.13. The lowest BCUT2D eigenvalue weighted by Gasteiger charge is -2.13. The van der Waals surface area contributed by atoms with E-state index in [1.54, 1.807) is 26.4 Å². The van der Waals surface area contributed by atoms with Gasteiger partial charge in [-0.25, -0.2) is 0 Å². The molecule has 0 radical (unpaired) electrons. The highest BCUT2D eigenvalue weighted by Crippen LogP contribution is 2.29. The van der Waals surface area contributed by atoms with Crippen LogP contribution in [0.2, 0.25) is 0 Å². The zero-order chi connectivity index (χ0) is 16.1. The highest BCUT2D eigenvalue weighted by atomic mass is 16.5. The summed E-state index contributed by atoms with van der Waals surface area (Å²) in [6, 6.07) is 11.4. The van der Waals surface area contributed by atoms with Crippen molar-refractivity contribution in [3.63, 3.8) is 0 Å². The molecule has 0 aliphatic rings. The van der Waals surface area contributed by atoms with Crippen LogP contribution in [-0.2, 0) is 6.54 Å². The Labute approximate surface area is 131 Å². The Hall–Kier alpha value is -2.49. The molecule has 4 heteroatoms. The van der Waals surface area contributed by atoms with Crippen LogP contribution in [0.4, 0.5) is 0 Å². The predicted octanol–water partition coefficient (Wildman–Crippen LogP) is 3.25. The molecule has 1 amide bonds. The molecule has 0 bridgehead atoms. The zero-order valence-corrected chi connectivity index (χ0v) is 13.4. The Morgan fingerprint density at radius 3 is 2.18 bits per heavy atom. The average Bonchev–Trinajstić information content (AvgIpc) is 2.54. The third kappa shape index (κ3) is 3.39. The first kappa shape index (κ1) is 15.9. The Morgan fingerprint density at radius 2 is 1.64 bits per heavy atom. The van der Waals surface area contributed by atoms with Crippen LogP contribution in [0.1, 0.15) is 27.0 Å². The number of benzene rings is 2. The number of rotatable bonds is 5. The minimum Gasteiger partial charge on any atom is -0.496 e. The van der Waals surface area contributed by atoms with Crippen molar-refractivity contribution in [1.82, 2.24) is 5.32 Å². The molecule has 0 spiro atoms.